The standard InChI is InChI=1S/C15H14FN3S.C2HF3O2/c16-12-3-1-10(2-4-12)7-11(9-20)15-18-13-5-6-17-8-14(13)19-15;3-2(4,5)1(6)7/h1-6,8,11,20H,7,9H2,(H,18,19);(H,6,7)/t11-;/m1./s1. The van der Waals surface area contributed by atoms with Gasteiger partial charge in [-0.05, 0) is 30.2 Å². The van der Waals surface area contributed by atoms with Crippen LogP contribution >= 0.6 is 12.6 Å². The highest BCUT2D eigenvalue weighted by Gasteiger charge is 2.38. The summed E-state index contributed by atoms with van der Waals surface area (Å²) < 4.78 is 44.7. The molecular formula is C17H15F4N3O2S. The second-order valence-electron chi connectivity index (χ2n) is 5.53. The molecule has 10 heteroatoms. The van der Waals surface area contributed by atoms with Gasteiger partial charge in [-0.3, -0.25) is 4.98 Å². The van der Waals surface area contributed by atoms with Crippen molar-refractivity contribution in [1.29, 1.82) is 0 Å². The Labute approximate surface area is 156 Å². The number of alkyl halides is 3. The van der Waals surface area contributed by atoms with Crippen LogP contribution in [0.4, 0.5) is 17.6 Å². The molecule has 0 unspecified atom stereocenters. The van der Waals surface area contributed by atoms with E-state index < -0.39 is 12.1 Å². The summed E-state index contributed by atoms with van der Waals surface area (Å²) in [6, 6.07) is 8.44. The molecule has 3 rings (SSSR count). The molecule has 0 amide bonds. The van der Waals surface area contributed by atoms with Crippen LogP contribution in [0.15, 0.2) is 42.7 Å². The van der Waals surface area contributed by atoms with Gasteiger partial charge in [-0.1, -0.05) is 12.1 Å². The lowest BCUT2D eigenvalue weighted by Gasteiger charge is -2.11. The normalized spacial score (nSPS) is 12.3. The number of carboxylic acid groups (broad SMARTS) is 1. The van der Waals surface area contributed by atoms with Crippen molar-refractivity contribution in [3.05, 3.63) is 59.9 Å². The number of aromatic nitrogens is 3. The van der Waals surface area contributed by atoms with Crippen LogP contribution < -0.4 is 0 Å². The van der Waals surface area contributed by atoms with Crippen LogP contribution in [0.1, 0.15) is 17.3 Å². The Balaban J connectivity index is 0.000000321. The summed E-state index contributed by atoms with van der Waals surface area (Å²) in [6.45, 7) is 0. The van der Waals surface area contributed by atoms with Crippen molar-refractivity contribution in [3.8, 4) is 0 Å². The molecule has 0 saturated heterocycles. The minimum atomic E-state index is -5.08. The molecule has 1 aromatic carbocycles. The number of fused-ring (bicyclic) bond motifs is 1. The average molecular weight is 401 g/mol. The maximum Gasteiger partial charge on any atom is 0.490 e. The van der Waals surface area contributed by atoms with Gasteiger partial charge in [0.2, 0.25) is 0 Å². The van der Waals surface area contributed by atoms with Gasteiger partial charge in [0.25, 0.3) is 0 Å². The van der Waals surface area contributed by atoms with Crippen molar-refractivity contribution in [3.63, 3.8) is 0 Å². The van der Waals surface area contributed by atoms with Crippen LogP contribution in [0, 0.1) is 5.82 Å². The molecule has 2 aromatic heterocycles. The molecule has 0 bridgehead atoms. The molecule has 2 N–H and O–H groups in total. The van der Waals surface area contributed by atoms with Gasteiger partial charge in [0.15, 0.2) is 0 Å². The Bertz CT molecular complexity index is 864. The zero-order valence-corrected chi connectivity index (χ0v) is 14.6. The third-order valence-corrected chi connectivity index (χ3v) is 3.99. The Kier molecular flexibility index (Phi) is 6.78. The smallest absolute Gasteiger partial charge is 0.475 e. The largest absolute Gasteiger partial charge is 0.490 e. The van der Waals surface area contributed by atoms with E-state index in [4.69, 9.17) is 9.90 Å². The lowest BCUT2D eigenvalue weighted by molar-refractivity contribution is -0.192. The van der Waals surface area contributed by atoms with Crippen LogP contribution in [0.3, 0.4) is 0 Å². The number of carboxylic acids is 1. The number of halogens is 4. The number of carbonyl (C=O) groups is 1. The minimum absolute atomic E-state index is 0.163. The first-order valence-electron chi connectivity index (χ1n) is 7.65. The van der Waals surface area contributed by atoms with Crippen molar-refractivity contribution in [2.24, 2.45) is 0 Å². The second kappa shape index (κ2) is 8.85. The minimum Gasteiger partial charge on any atom is -0.475 e. The molecule has 5 nitrogen and oxygen atoms in total. The van der Waals surface area contributed by atoms with Crippen molar-refractivity contribution in [1.82, 2.24) is 15.0 Å². The van der Waals surface area contributed by atoms with Gasteiger partial charge in [-0.25, -0.2) is 14.2 Å². The molecule has 3 aromatic rings. The number of aromatic amines is 1. The van der Waals surface area contributed by atoms with E-state index in [0.29, 0.717) is 5.75 Å². The first-order valence-corrected chi connectivity index (χ1v) is 8.29. The number of pyridine rings is 1. The maximum atomic E-state index is 12.9. The average Bonchev–Trinajstić information content (AvgIpc) is 3.05. The summed E-state index contributed by atoms with van der Waals surface area (Å²) in [4.78, 5) is 20.8. The number of benzene rings is 1. The highest BCUT2D eigenvalue weighted by atomic mass is 32.1. The van der Waals surface area contributed by atoms with Crippen LogP contribution in [0.25, 0.3) is 11.0 Å². The summed E-state index contributed by atoms with van der Waals surface area (Å²) in [5.74, 6) is -1.24. The fourth-order valence-corrected chi connectivity index (χ4v) is 2.52. The molecule has 27 heavy (non-hydrogen) atoms. The van der Waals surface area contributed by atoms with Crippen LogP contribution in [0.2, 0.25) is 0 Å². The van der Waals surface area contributed by atoms with Crippen molar-refractivity contribution in [2.45, 2.75) is 18.5 Å². The van der Waals surface area contributed by atoms with Crippen molar-refractivity contribution in [2.75, 3.05) is 5.75 Å². The quantitative estimate of drug-likeness (QED) is 0.456. The summed E-state index contributed by atoms with van der Waals surface area (Å²) >= 11 is 4.41. The van der Waals surface area contributed by atoms with E-state index in [1.165, 1.54) is 12.1 Å². The zero-order valence-electron chi connectivity index (χ0n) is 13.7. The molecule has 144 valence electrons. The molecular weight excluding hydrogens is 386 g/mol. The van der Waals surface area contributed by atoms with Gasteiger partial charge in [-0.2, -0.15) is 25.8 Å². The van der Waals surface area contributed by atoms with E-state index in [0.717, 1.165) is 28.8 Å². The lowest BCUT2D eigenvalue weighted by Crippen LogP contribution is -2.21. The number of nitrogens with zero attached hydrogens (tertiary/aromatic N) is 2. The van der Waals surface area contributed by atoms with Gasteiger partial charge in [-0.15, -0.1) is 0 Å². The van der Waals surface area contributed by atoms with E-state index >= 15 is 0 Å². The van der Waals surface area contributed by atoms with E-state index in [1.54, 1.807) is 24.5 Å². The summed E-state index contributed by atoms with van der Waals surface area (Å²) in [7, 11) is 0. The Hall–Kier alpha value is -2.62. The lowest BCUT2D eigenvalue weighted by atomic mass is 10.0. The molecule has 2 heterocycles. The molecule has 0 saturated carbocycles. The number of H-pyrrole nitrogens is 1. The number of rotatable bonds is 4. The van der Waals surface area contributed by atoms with Gasteiger partial charge in [0, 0.05) is 17.9 Å². The van der Waals surface area contributed by atoms with Crippen LogP contribution in [-0.2, 0) is 11.2 Å². The molecule has 0 aliphatic rings. The van der Waals surface area contributed by atoms with Crippen molar-refractivity contribution >= 4 is 29.6 Å². The summed E-state index contributed by atoms with van der Waals surface area (Å²) in [5.41, 5.74) is 2.90. The van der Waals surface area contributed by atoms with E-state index in [9.17, 15) is 17.6 Å². The predicted molar refractivity (Wildman–Crippen MR) is 94.3 cm³/mol. The highest BCUT2D eigenvalue weighted by Crippen LogP contribution is 2.22. The number of hydrogen-bond donors (Lipinski definition) is 3. The molecule has 1 atom stereocenters. The Morgan fingerprint density at radius 2 is 1.85 bits per heavy atom. The van der Waals surface area contributed by atoms with Gasteiger partial charge in [0.1, 0.15) is 11.6 Å². The topological polar surface area (TPSA) is 78.9 Å². The number of imidazole rings is 1. The first kappa shape index (κ1) is 20.7. The first-order chi connectivity index (χ1) is 12.7. The van der Waals surface area contributed by atoms with Gasteiger partial charge < -0.3 is 10.1 Å². The second-order valence-corrected chi connectivity index (χ2v) is 5.89. The Morgan fingerprint density at radius 3 is 2.37 bits per heavy atom. The fraction of sp³-hybridized carbons (Fsp3) is 0.235. The third-order valence-electron chi connectivity index (χ3n) is 3.55. The summed E-state index contributed by atoms with van der Waals surface area (Å²) in [6.07, 6.45) is -0.820. The fourth-order valence-electron chi connectivity index (χ4n) is 2.22. The molecule has 0 radical (unpaired) electrons. The zero-order chi connectivity index (χ0) is 20.0. The number of aliphatic carboxylic acids is 1. The van der Waals surface area contributed by atoms with Gasteiger partial charge in [0.05, 0.1) is 17.2 Å². The van der Waals surface area contributed by atoms with E-state index in [1.807, 2.05) is 6.07 Å². The van der Waals surface area contributed by atoms with Crippen molar-refractivity contribution < 1.29 is 27.5 Å². The summed E-state index contributed by atoms with van der Waals surface area (Å²) in [5, 5.41) is 7.12. The predicted octanol–water partition coefficient (Wildman–Crippen LogP) is 3.99. The highest BCUT2D eigenvalue weighted by molar-refractivity contribution is 7.80. The third kappa shape index (κ3) is 5.95. The number of nitrogens with one attached hydrogen (secondary N) is 1. The van der Waals surface area contributed by atoms with E-state index in [-0.39, 0.29) is 11.7 Å². The van der Waals surface area contributed by atoms with Crippen LogP contribution in [-0.4, -0.2) is 38.0 Å². The van der Waals surface area contributed by atoms with Gasteiger partial charge >= 0.3 is 12.1 Å². The SMILES string of the molecule is Fc1ccc(C[C@H](CS)c2nc3ccncc3[nH]2)cc1.O=C(O)C(F)(F)F. The van der Waals surface area contributed by atoms with Crippen LogP contribution in [0.5, 0.6) is 0 Å². The molecule has 0 spiro atoms. The number of hydrogen-bond acceptors (Lipinski definition) is 4. The molecule has 0 aliphatic heterocycles. The number of thiol groups is 1. The molecule has 0 fully saturated rings. The Morgan fingerprint density at radius 1 is 1.22 bits per heavy atom. The van der Waals surface area contributed by atoms with E-state index in [2.05, 4.69) is 27.6 Å². The monoisotopic (exact) mass is 401 g/mol. The molecule has 0 aliphatic carbocycles. The maximum absolute atomic E-state index is 12.9.